The van der Waals surface area contributed by atoms with Crippen LogP contribution < -0.4 is 11.1 Å². The van der Waals surface area contributed by atoms with Gasteiger partial charge in [0.2, 0.25) is 0 Å². The smallest absolute Gasteiger partial charge is 0.0502 e. The van der Waals surface area contributed by atoms with Gasteiger partial charge in [-0.2, -0.15) is 0 Å². The third-order valence-electron chi connectivity index (χ3n) is 2.54. The molecule has 0 bridgehead atoms. The van der Waals surface area contributed by atoms with Gasteiger partial charge in [0.1, 0.15) is 0 Å². The summed E-state index contributed by atoms with van der Waals surface area (Å²) in [5.41, 5.74) is 8.59. The van der Waals surface area contributed by atoms with E-state index in [0.29, 0.717) is 11.6 Å². The number of aromatic nitrogens is 1. The number of halogens is 1. The van der Waals surface area contributed by atoms with Gasteiger partial charge < -0.3 is 11.1 Å². The molecule has 0 spiro atoms. The summed E-state index contributed by atoms with van der Waals surface area (Å²) in [4.78, 5) is 4.25. The van der Waals surface area contributed by atoms with Crippen LogP contribution in [0, 0.1) is 6.92 Å². The maximum Gasteiger partial charge on any atom is 0.0502 e. The van der Waals surface area contributed by atoms with Gasteiger partial charge in [-0.05, 0) is 25.1 Å². The van der Waals surface area contributed by atoms with Gasteiger partial charge >= 0.3 is 0 Å². The van der Waals surface area contributed by atoms with Crippen molar-refractivity contribution in [1.82, 2.24) is 4.98 Å². The van der Waals surface area contributed by atoms with Crippen LogP contribution in [-0.4, -0.2) is 11.5 Å². The molecule has 0 radical (unpaired) electrons. The highest BCUT2D eigenvalue weighted by Gasteiger charge is 2.05. The molecule has 1 aromatic heterocycles. The number of nitrogen functional groups attached to an aromatic ring is 1. The molecular weight excluding hydrogens is 234 g/mol. The quantitative estimate of drug-likeness (QED) is 0.819. The van der Waals surface area contributed by atoms with Crippen LogP contribution in [0.25, 0.3) is 10.8 Å². The zero-order chi connectivity index (χ0) is 12.4. The molecule has 0 amide bonds. The second-order valence-electron chi connectivity index (χ2n) is 3.94. The average molecular weight is 248 g/mol. The lowest BCUT2D eigenvalue weighted by molar-refractivity contribution is 1.22. The summed E-state index contributed by atoms with van der Waals surface area (Å²) >= 11 is 5.75. The van der Waals surface area contributed by atoms with Gasteiger partial charge in [-0.1, -0.05) is 18.2 Å². The summed E-state index contributed by atoms with van der Waals surface area (Å²) in [5, 5.41) is 5.79. The Morgan fingerprint density at radius 2 is 2.24 bits per heavy atom. The van der Waals surface area contributed by atoms with Crippen molar-refractivity contribution < 1.29 is 0 Å². The van der Waals surface area contributed by atoms with E-state index in [4.69, 9.17) is 17.3 Å². The predicted molar refractivity (Wildman–Crippen MR) is 74.4 cm³/mol. The first-order chi connectivity index (χ1) is 8.08. The number of rotatable bonds is 3. The first-order valence-electron chi connectivity index (χ1n) is 5.30. The second-order valence-corrected chi connectivity index (χ2v) is 4.48. The van der Waals surface area contributed by atoms with Crippen LogP contribution in [-0.2, 0) is 0 Å². The van der Waals surface area contributed by atoms with Crippen molar-refractivity contribution in [2.45, 2.75) is 6.92 Å². The van der Waals surface area contributed by atoms with Crippen molar-refractivity contribution in [3.05, 3.63) is 41.7 Å². The molecule has 3 nitrogen and oxygen atoms in total. The van der Waals surface area contributed by atoms with Crippen LogP contribution in [0.1, 0.15) is 5.69 Å². The molecule has 1 heterocycles. The Kier molecular flexibility index (Phi) is 3.20. The summed E-state index contributed by atoms with van der Waals surface area (Å²) in [6.07, 6.45) is 1.79. The van der Waals surface area contributed by atoms with E-state index < -0.39 is 0 Å². The number of nitrogens with one attached hydrogen (secondary N) is 1. The molecular formula is C13H14ClN3. The number of nitrogens with two attached hydrogens (primary N) is 1. The number of hydrogen-bond donors (Lipinski definition) is 2. The minimum absolute atomic E-state index is 0.530. The third-order valence-corrected chi connectivity index (χ3v) is 2.68. The Morgan fingerprint density at radius 3 is 2.94 bits per heavy atom. The van der Waals surface area contributed by atoms with Gasteiger partial charge in [0, 0.05) is 39.1 Å². The van der Waals surface area contributed by atoms with E-state index in [0.717, 1.165) is 27.8 Å². The van der Waals surface area contributed by atoms with Crippen LogP contribution in [0.3, 0.4) is 0 Å². The van der Waals surface area contributed by atoms with Gasteiger partial charge in [0.05, 0.1) is 6.54 Å². The second kappa shape index (κ2) is 4.63. The van der Waals surface area contributed by atoms with Gasteiger partial charge in [0.15, 0.2) is 0 Å². The van der Waals surface area contributed by atoms with Crippen LogP contribution >= 0.6 is 11.6 Å². The van der Waals surface area contributed by atoms with Crippen molar-refractivity contribution in [2.75, 3.05) is 17.6 Å². The van der Waals surface area contributed by atoms with Crippen LogP contribution in [0.15, 0.2) is 36.0 Å². The highest BCUT2D eigenvalue weighted by Crippen LogP contribution is 2.28. The minimum atomic E-state index is 0.530. The number of aryl methyl sites for hydroxylation is 1. The molecule has 2 rings (SSSR count). The number of nitrogens with zero attached hydrogens (tertiary/aromatic N) is 1. The topological polar surface area (TPSA) is 50.9 Å². The van der Waals surface area contributed by atoms with E-state index in [1.807, 2.05) is 25.1 Å². The summed E-state index contributed by atoms with van der Waals surface area (Å²) in [6, 6.07) is 5.81. The van der Waals surface area contributed by atoms with Crippen molar-refractivity contribution in [3.8, 4) is 0 Å². The van der Waals surface area contributed by atoms with Crippen LogP contribution in [0.4, 0.5) is 11.4 Å². The highest BCUT2D eigenvalue weighted by atomic mass is 35.5. The van der Waals surface area contributed by atoms with E-state index in [-0.39, 0.29) is 0 Å². The normalized spacial score (nSPS) is 10.5. The zero-order valence-corrected chi connectivity index (χ0v) is 10.4. The fourth-order valence-electron chi connectivity index (χ4n) is 1.71. The Balaban J connectivity index is 2.52. The summed E-state index contributed by atoms with van der Waals surface area (Å²) in [7, 11) is 0. The molecule has 0 unspecified atom stereocenters. The predicted octanol–water partition coefficient (Wildman–Crippen LogP) is 3.29. The molecule has 0 atom stereocenters. The van der Waals surface area contributed by atoms with Crippen molar-refractivity contribution in [2.24, 2.45) is 0 Å². The Hall–Kier alpha value is -1.74. The lowest BCUT2D eigenvalue weighted by Crippen LogP contribution is -2.02. The number of hydrogen-bond acceptors (Lipinski definition) is 3. The number of pyridine rings is 1. The molecule has 17 heavy (non-hydrogen) atoms. The summed E-state index contributed by atoms with van der Waals surface area (Å²) < 4.78 is 0. The molecule has 0 aliphatic carbocycles. The standard InChI is InChI=1S/C13H14ClN3/c1-8(14)6-17-13-4-3-12(15)11-7-16-9(2)5-10(11)13/h3-5,7,17H,1,6,15H2,2H3. The number of fused-ring (bicyclic) bond motifs is 1. The maximum absolute atomic E-state index is 5.92. The Morgan fingerprint density at radius 1 is 1.47 bits per heavy atom. The molecule has 88 valence electrons. The van der Waals surface area contributed by atoms with E-state index in [2.05, 4.69) is 16.9 Å². The van der Waals surface area contributed by atoms with Gasteiger partial charge in [-0.15, -0.1) is 0 Å². The van der Waals surface area contributed by atoms with E-state index in [9.17, 15) is 0 Å². The van der Waals surface area contributed by atoms with Crippen molar-refractivity contribution >= 4 is 33.7 Å². The largest absolute Gasteiger partial charge is 0.398 e. The van der Waals surface area contributed by atoms with Crippen molar-refractivity contribution in [1.29, 1.82) is 0 Å². The Bertz CT molecular complexity index is 578. The van der Waals surface area contributed by atoms with Gasteiger partial charge in [-0.25, -0.2) is 0 Å². The van der Waals surface area contributed by atoms with E-state index in [1.54, 1.807) is 6.20 Å². The summed E-state index contributed by atoms with van der Waals surface area (Å²) in [5.74, 6) is 0. The molecule has 0 aliphatic rings. The maximum atomic E-state index is 5.92. The zero-order valence-electron chi connectivity index (χ0n) is 9.63. The minimum Gasteiger partial charge on any atom is -0.398 e. The fraction of sp³-hybridized carbons (Fsp3) is 0.154. The lowest BCUT2D eigenvalue weighted by Gasteiger charge is -2.11. The van der Waals surface area contributed by atoms with Crippen LogP contribution in [0.5, 0.6) is 0 Å². The average Bonchev–Trinajstić information content (AvgIpc) is 2.28. The van der Waals surface area contributed by atoms with Crippen LogP contribution in [0.2, 0.25) is 0 Å². The molecule has 4 heteroatoms. The molecule has 0 saturated carbocycles. The molecule has 3 N–H and O–H groups in total. The van der Waals surface area contributed by atoms with E-state index >= 15 is 0 Å². The van der Waals surface area contributed by atoms with Gasteiger partial charge in [-0.3, -0.25) is 4.98 Å². The SMILES string of the molecule is C=C(Cl)CNc1ccc(N)c2cnc(C)cc12. The number of anilines is 2. The number of benzene rings is 1. The Labute approximate surface area is 105 Å². The molecule has 0 fully saturated rings. The third kappa shape index (κ3) is 2.50. The first-order valence-corrected chi connectivity index (χ1v) is 5.67. The molecule has 0 aliphatic heterocycles. The highest BCUT2D eigenvalue weighted by molar-refractivity contribution is 6.29. The summed E-state index contributed by atoms with van der Waals surface area (Å²) in [6.45, 7) is 6.13. The molecule has 2 aromatic rings. The fourth-order valence-corrected chi connectivity index (χ4v) is 1.78. The van der Waals surface area contributed by atoms with Gasteiger partial charge in [0.25, 0.3) is 0 Å². The monoisotopic (exact) mass is 247 g/mol. The van der Waals surface area contributed by atoms with Crippen molar-refractivity contribution in [3.63, 3.8) is 0 Å². The first kappa shape index (κ1) is 11.7. The lowest BCUT2D eigenvalue weighted by atomic mass is 10.1. The van der Waals surface area contributed by atoms with E-state index in [1.165, 1.54) is 0 Å². The molecule has 0 saturated heterocycles. The molecule has 1 aromatic carbocycles.